The second-order valence-corrected chi connectivity index (χ2v) is 6.66. The molecule has 1 heterocycles. The largest absolute Gasteiger partial charge is 0.506 e. The number of aromatic nitrogens is 2. The molecule has 1 aromatic heterocycles. The van der Waals surface area contributed by atoms with Gasteiger partial charge in [-0.05, 0) is 37.3 Å². The molecule has 0 saturated carbocycles. The molecule has 0 atom stereocenters. The highest BCUT2D eigenvalue weighted by Gasteiger charge is 2.16. The molecule has 0 radical (unpaired) electrons. The van der Waals surface area contributed by atoms with E-state index >= 15 is 0 Å². The van der Waals surface area contributed by atoms with Gasteiger partial charge in [0.15, 0.2) is 0 Å². The van der Waals surface area contributed by atoms with E-state index in [9.17, 15) is 14.7 Å². The molecule has 0 spiro atoms. The number of rotatable bonds is 4. The number of amides is 1. The fourth-order valence-corrected chi connectivity index (χ4v) is 3.10. The summed E-state index contributed by atoms with van der Waals surface area (Å²) in [6.45, 7) is 1.84. The number of fused-ring (bicyclic) bond motifs is 1. The number of nitrogens with one attached hydrogen (secondary N) is 1. The summed E-state index contributed by atoms with van der Waals surface area (Å²) < 4.78 is 1.42. The average Bonchev–Trinajstić information content (AvgIpc) is 2.71. The third-order valence-corrected chi connectivity index (χ3v) is 4.70. The maximum Gasteiger partial charge on any atom is 0.263 e. The Balaban J connectivity index is 2.10. The Labute approximate surface area is 172 Å². The maximum absolute atomic E-state index is 13.1. The lowest BCUT2D eigenvalue weighted by Crippen LogP contribution is -2.24. The lowest BCUT2D eigenvalue weighted by Gasteiger charge is -2.13. The van der Waals surface area contributed by atoms with Crippen molar-refractivity contribution >= 4 is 45.9 Å². The van der Waals surface area contributed by atoms with E-state index in [0.717, 1.165) is 0 Å². The number of phenolic OH excluding ortho intramolecular Hbond substituents is 1. The van der Waals surface area contributed by atoms with Crippen LogP contribution in [0.3, 0.4) is 0 Å². The van der Waals surface area contributed by atoms with E-state index in [4.69, 9.17) is 11.6 Å². The first-order valence-corrected chi connectivity index (χ1v) is 9.13. The van der Waals surface area contributed by atoms with Crippen molar-refractivity contribution in [2.24, 2.45) is 12.0 Å². The van der Waals surface area contributed by atoms with Crippen molar-refractivity contribution in [3.05, 3.63) is 69.2 Å². The molecule has 0 bridgehead atoms. The third-order valence-electron chi connectivity index (χ3n) is 4.40. The van der Waals surface area contributed by atoms with E-state index in [1.54, 1.807) is 38.5 Å². The summed E-state index contributed by atoms with van der Waals surface area (Å²) in [7, 11) is 3.27. The number of allylic oxidation sites excluding steroid dienone is 2. The number of anilines is 1. The Morgan fingerprint density at radius 3 is 2.72 bits per heavy atom. The van der Waals surface area contributed by atoms with Crippen LogP contribution in [0, 0.1) is 0 Å². The molecular weight excluding hydrogens is 392 g/mol. The average molecular weight is 411 g/mol. The van der Waals surface area contributed by atoms with Crippen LogP contribution in [0.25, 0.3) is 16.5 Å². The highest BCUT2D eigenvalue weighted by molar-refractivity contribution is 6.32. The van der Waals surface area contributed by atoms with E-state index in [0.29, 0.717) is 28.0 Å². The summed E-state index contributed by atoms with van der Waals surface area (Å²) in [5, 5.41) is 12.6. The Morgan fingerprint density at radius 1 is 1.31 bits per heavy atom. The van der Waals surface area contributed by atoms with Gasteiger partial charge in [0.1, 0.15) is 11.6 Å². The zero-order valence-electron chi connectivity index (χ0n) is 16.1. The molecule has 3 rings (SSSR count). The van der Waals surface area contributed by atoms with Crippen LogP contribution >= 0.6 is 11.6 Å². The number of hydrogen-bond donors (Lipinski definition) is 2. The zero-order valence-corrected chi connectivity index (χ0v) is 16.9. The molecule has 1 amide bonds. The number of aliphatic imine (C=N–C) groups is 1. The van der Waals surface area contributed by atoms with E-state index in [-0.39, 0.29) is 21.9 Å². The van der Waals surface area contributed by atoms with Crippen molar-refractivity contribution in [2.45, 2.75) is 6.92 Å². The van der Waals surface area contributed by atoms with Crippen LogP contribution in [0.15, 0.2) is 52.3 Å². The Hall–Kier alpha value is -3.45. The van der Waals surface area contributed by atoms with Crippen LogP contribution in [0.5, 0.6) is 5.75 Å². The highest BCUT2D eigenvalue weighted by Crippen LogP contribution is 2.25. The molecule has 8 heteroatoms. The molecule has 0 aliphatic rings. The first kappa shape index (κ1) is 20.3. The molecule has 2 N–H and O–H groups in total. The number of benzene rings is 2. The second kappa shape index (κ2) is 8.28. The number of nitrogens with zero attached hydrogens (tertiary/aromatic N) is 3. The number of carbonyl (C=O) groups is 1. The minimum absolute atomic E-state index is 0.0641. The molecule has 0 saturated heterocycles. The van der Waals surface area contributed by atoms with Crippen LogP contribution in [0.2, 0.25) is 5.02 Å². The standard InChI is InChI=1S/C21H19ClN4O3/c1-4-12(11-23-2)19-24-15-6-5-7-16(18(15)21(29)26(19)3)25-20(28)13-8-9-17(27)14(22)10-13/h4-11,27H,1-3H3,(H,25,28)/b12-4+,23-11?. The lowest BCUT2D eigenvalue weighted by atomic mass is 10.1. The normalized spacial score (nSPS) is 11.9. The Kier molecular flexibility index (Phi) is 5.79. The van der Waals surface area contributed by atoms with E-state index < -0.39 is 5.91 Å². The molecule has 0 aliphatic carbocycles. The highest BCUT2D eigenvalue weighted by atomic mass is 35.5. The van der Waals surface area contributed by atoms with Gasteiger partial charge in [0.2, 0.25) is 0 Å². The van der Waals surface area contributed by atoms with Crippen molar-refractivity contribution < 1.29 is 9.90 Å². The first-order valence-electron chi connectivity index (χ1n) is 8.75. The third kappa shape index (κ3) is 3.90. The summed E-state index contributed by atoms with van der Waals surface area (Å²) in [5.74, 6) is -0.100. The summed E-state index contributed by atoms with van der Waals surface area (Å²) in [5.41, 5.74) is 1.45. The molecule has 2 aromatic carbocycles. The summed E-state index contributed by atoms with van der Waals surface area (Å²) >= 11 is 5.88. The van der Waals surface area contributed by atoms with Gasteiger partial charge >= 0.3 is 0 Å². The van der Waals surface area contributed by atoms with Crippen LogP contribution in [0.1, 0.15) is 23.1 Å². The van der Waals surface area contributed by atoms with E-state index in [1.165, 1.54) is 22.8 Å². The quantitative estimate of drug-likeness (QED) is 0.641. The number of aromatic hydroxyl groups is 1. The predicted octanol–water partition coefficient (Wildman–Crippen LogP) is 3.65. The fraction of sp³-hybridized carbons (Fsp3) is 0.143. The SMILES string of the molecule is C/C=C(\C=NC)c1nc2cccc(NC(=O)c3ccc(O)c(Cl)c3)c2c(=O)n1C. The fourth-order valence-electron chi connectivity index (χ4n) is 2.92. The van der Waals surface area contributed by atoms with Gasteiger partial charge in [-0.2, -0.15) is 0 Å². The minimum atomic E-state index is -0.460. The Morgan fingerprint density at radius 2 is 2.07 bits per heavy atom. The zero-order chi connectivity index (χ0) is 21.1. The first-order chi connectivity index (χ1) is 13.9. The van der Waals surface area contributed by atoms with Crippen molar-refractivity contribution in [3.8, 4) is 5.75 Å². The Bertz CT molecular complexity index is 1230. The van der Waals surface area contributed by atoms with Crippen molar-refractivity contribution in [1.29, 1.82) is 0 Å². The molecule has 29 heavy (non-hydrogen) atoms. The van der Waals surface area contributed by atoms with Gasteiger partial charge in [0.25, 0.3) is 11.5 Å². The van der Waals surface area contributed by atoms with Crippen LogP contribution in [-0.2, 0) is 7.05 Å². The maximum atomic E-state index is 13.1. The number of hydrogen-bond acceptors (Lipinski definition) is 5. The van der Waals surface area contributed by atoms with Gasteiger partial charge in [0.05, 0.1) is 21.6 Å². The van der Waals surface area contributed by atoms with Crippen molar-refractivity contribution in [2.75, 3.05) is 12.4 Å². The van der Waals surface area contributed by atoms with Crippen LogP contribution < -0.4 is 10.9 Å². The summed E-state index contributed by atoms with van der Waals surface area (Å²) in [4.78, 5) is 34.3. The number of carbonyl (C=O) groups excluding carboxylic acids is 1. The number of phenols is 1. The molecule has 0 unspecified atom stereocenters. The molecule has 7 nitrogen and oxygen atoms in total. The molecular formula is C21H19ClN4O3. The molecule has 0 aliphatic heterocycles. The topological polar surface area (TPSA) is 96.6 Å². The monoisotopic (exact) mass is 410 g/mol. The smallest absolute Gasteiger partial charge is 0.263 e. The molecule has 3 aromatic rings. The van der Waals surface area contributed by atoms with Gasteiger partial charge < -0.3 is 10.4 Å². The number of halogens is 1. The minimum Gasteiger partial charge on any atom is -0.506 e. The summed E-state index contributed by atoms with van der Waals surface area (Å²) in [6, 6.07) is 9.19. The van der Waals surface area contributed by atoms with E-state index in [1.807, 2.05) is 13.0 Å². The van der Waals surface area contributed by atoms with Crippen molar-refractivity contribution in [1.82, 2.24) is 9.55 Å². The molecule has 148 valence electrons. The van der Waals surface area contributed by atoms with Gasteiger partial charge in [-0.1, -0.05) is 23.7 Å². The van der Waals surface area contributed by atoms with Gasteiger partial charge in [-0.25, -0.2) is 4.98 Å². The van der Waals surface area contributed by atoms with Crippen LogP contribution in [-0.4, -0.2) is 33.8 Å². The summed E-state index contributed by atoms with van der Waals surface area (Å²) in [6.07, 6.45) is 3.45. The second-order valence-electron chi connectivity index (χ2n) is 6.25. The van der Waals surface area contributed by atoms with Gasteiger partial charge in [-0.3, -0.25) is 19.1 Å². The molecule has 0 fully saturated rings. The van der Waals surface area contributed by atoms with Gasteiger partial charge in [0, 0.05) is 31.4 Å². The van der Waals surface area contributed by atoms with E-state index in [2.05, 4.69) is 15.3 Å². The predicted molar refractivity (Wildman–Crippen MR) is 116 cm³/mol. The lowest BCUT2D eigenvalue weighted by molar-refractivity contribution is 0.102. The van der Waals surface area contributed by atoms with Crippen molar-refractivity contribution in [3.63, 3.8) is 0 Å². The van der Waals surface area contributed by atoms with Gasteiger partial charge in [-0.15, -0.1) is 0 Å². The van der Waals surface area contributed by atoms with Crippen LogP contribution in [0.4, 0.5) is 5.69 Å².